The monoisotopic (exact) mass is 624 g/mol. The molecule has 18 heteroatoms. The summed E-state index contributed by atoms with van der Waals surface area (Å²) in [4.78, 5) is 46.1. The highest BCUT2D eigenvalue weighted by Gasteiger charge is 2.29. The topological polar surface area (TPSA) is 271 Å². The van der Waals surface area contributed by atoms with Gasteiger partial charge in [-0.25, -0.2) is 19.6 Å². The highest BCUT2D eigenvalue weighted by molar-refractivity contribution is 5.84. The standard InChI is InChI=1S/C14H13N7O3.C14H15N7O/c15-5-9-2-4-19(7-9)14(22)20-8-10(6-18-20)11-1-3-17-13(16)12(11)21(23)24;15-5-9-2-4-20(7-9)14(22)21-8-10(6-19-21)11-1-3-18-13(17)12(11)16/h1,3,6,8-9H,2,4,7H2,(H2,16,17);1,3,6,8-9H,2,4,7,16H2,(H2,17,18). The summed E-state index contributed by atoms with van der Waals surface area (Å²) in [6.45, 7) is 1.84. The lowest BCUT2D eigenvalue weighted by atomic mass is 10.1. The van der Waals surface area contributed by atoms with Crippen molar-refractivity contribution in [3.63, 3.8) is 0 Å². The van der Waals surface area contributed by atoms with Crippen molar-refractivity contribution in [2.24, 2.45) is 11.8 Å². The van der Waals surface area contributed by atoms with Crippen LogP contribution in [0.3, 0.4) is 0 Å². The van der Waals surface area contributed by atoms with Crippen molar-refractivity contribution in [1.29, 1.82) is 10.5 Å². The molecular formula is C28H28N14O4. The first-order chi connectivity index (χ1) is 22.1. The van der Waals surface area contributed by atoms with Crippen LogP contribution < -0.4 is 17.2 Å². The van der Waals surface area contributed by atoms with E-state index >= 15 is 0 Å². The summed E-state index contributed by atoms with van der Waals surface area (Å²) in [5.74, 6) is -0.236. The number of nitrogens with two attached hydrogens (primary N) is 3. The molecule has 2 aliphatic rings. The Morgan fingerprint density at radius 3 is 1.78 bits per heavy atom. The van der Waals surface area contributed by atoms with E-state index in [1.165, 1.54) is 34.2 Å². The molecule has 6 rings (SSSR count). The number of nitrogens with zero attached hydrogens (tertiary/aromatic N) is 11. The number of likely N-dealkylation sites (tertiary alicyclic amines) is 2. The van der Waals surface area contributed by atoms with Gasteiger partial charge in [0.25, 0.3) is 0 Å². The number of hydrogen-bond donors (Lipinski definition) is 3. The molecule has 4 aromatic rings. The number of rotatable bonds is 3. The van der Waals surface area contributed by atoms with E-state index in [9.17, 15) is 19.7 Å². The van der Waals surface area contributed by atoms with Crippen LogP contribution in [0.4, 0.5) is 32.6 Å². The van der Waals surface area contributed by atoms with Gasteiger partial charge >= 0.3 is 17.7 Å². The van der Waals surface area contributed by atoms with Gasteiger partial charge in [-0.3, -0.25) is 10.1 Å². The third kappa shape index (κ3) is 6.21. The zero-order valence-electron chi connectivity index (χ0n) is 24.3. The Labute approximate surface area is 261 Å². The summed E-state index contributed by atoms with van der Waals surface area (Å²) in [6.07, 6.45) is 10.2. The SMILES string of the molecule is N#CC1CCN(C(=O)n2cc(-c3ccnc(N)c3N)cn2)C1.N#CC1CCN(C(=O)n2cc(-c3ccnc(N)c3[N+](=O)[O-])cn2)C1. The van der Waals surface area contributed by atoms with Gasteiger partial charge in [0.05, 0.1) is 52.5 Å². The Balaban J connectivity index is 0.000000182. The van der Waals surface area contributed by atoms with Crippen molar-refractivity contribution >= 4 is 35.1 Å². The maximum absolute atomic E-state index is 12.4. The molecule has 0 radical (unpaired) electrons. The van der Waals surface area contributed by atoms with Crippen molar-refractivity contribution in [2.45, 2.75) is 12.8 Å². The molecule has 18 nitrogen and oxygen atoms in total. The molecule has 2 saturated heterocycles. The molecule has 0 bridgehead atoms. The molecular weight excluding hydrogens is 596 g/mol. The summed E-state index contributed by atoms with van der Waals surface area (Å²) in [5, 5.41) is 37.1. The second-order valence-corrected chi connectivity index (χ2v) is 10.5. The first-order valence-corrected chi connectivity index (χ1v) is 14.0. The minimum absolute atomic E-state index is 0.102. The van der Waals surface area contributed by atoms with Crippen LogP contribution in [-0.2, 0) is 0 Å². The summed E-state index contributed by atoms with van der Waals surface area (Å²) in [6, 6.07) is 6.87. The van der Waals surface area contributed by atoms with E-state index in [0.29, 0.717) is 61.4 Å². The van der Waals surface area contributed by atoms with E-state index in [4.69, 9.17) is 27.7 Å². The van der Waals surface area contributed by atoms with Crippen LogP contribution in [0.5, 0.6) is 0 Å². The second kappa shape index (κ2) is 13.0. The molecule has 2 unspecified atom stereocenters. The number of hydrogen-bond acceptors (Lipinski definition) is 13. The fraction of sp³-hybridized carbons (Fsp3) is 0.286. The highest BCUT2D eigenvalue weighted by atomic mass is 16.6. The molecule has 46 heavy (non-hydrogen) atoms. The molecule has 2 amide bonds. The quantitative estimate of drug-likeness (QED) is 0.218. The van der Waals surface area contributed by atoms with Gasteiger partial charge < -0.3 is 27.0 Å². The van der Waals surface area contributed by atoms with Gasteiger partial charge in [0.15, 0.2) is 0 Å². The molecule has 2 atom stereocenters. The zero-order chi connectivity index (χ0) is 33.0. The van der Waals surface area contributed by atoms with Gasteiger partial charge in [0, 0.05) is 67.7 Å². The maximum atomic E-state index is 12.4. The average molecular weight is 625 g/mol. The molecule has 6 N–H and O–H groups in total. The number of nitro groups is 1. The minimum Gasteiger partial charge on any atom is -0.395 e. The van der Waals surface area contributed by atoms with Gasteiger partial charge in [0.1, 0.15) is 5.82 Å². The number of anilines is 3. The van der Waals surface area contributed by atoms with Crippen LogP contribution in [0.1, 0.15) is 12.8 Å². The van der Waals surface area contributed by atoms with Gasteiger partial charge in [-0.05, 0) is 25.0 Å². The van der Waals surface area contributed by atoms with Gasteiger partial charge in [-0.2, -0.15) is 30.1 Å². The van der Waals surface area contributed by atoms with E-state index in [0.717, 1.165) is 4.68 Å². The summed E-state index contributed by atoms with van der Waals surface area (Å²) in [5.41, 5.74) is 19.2. The van der Waals surface area contributed by atoms with Crippen molar-refractivity contribution in [1.82, 2.24) is 39.3 Å². The van der Waals surface area contributed by atoms with E-state index in [-0.39, 0.29) is 46.8 Å². The second-order valence-electron chi connectivity index (χ2n) is 10.5. The van der Waals surface area contributed by atoms with Crippen LogP contribution in [0.25, 0.3) is 22.3 Å². The number of carbonyl (C=O) groups is 2. The van der Waals surface area contributed by atoms with Crippen LogP contribution in [0.2, 0.25) is 0 Å². The first kappa shape index (κ1) is 30.9. The van der Waals surface area contributed by atoms with Gasteiger partial charge in [-0.1, -0.05) is 0 Å². The lowest BCUT2D eigenvalue weighted by Crippen LogP contribution is -2.32. The van der Waals surface area contributed by atoms with E-state index in [2.05, 4.69) is 32.3 Å². The molecule has 234 valence electrons. The lowest BCUT2D eigenvalue weighted by Gasteiger charge is -2.14. The Bertz CT molecular complexity index is 1890. The Morgan fingerprint density at radius 1 is 0.826 bits per heavy atom. The predicted molar refractivity (Wildman–Crippen MR) is 163 cm³/mol. The Hall–Kier alpha value is -6.56. The summed E-state index contributed by atoms with van der Waals surface area (Å²) in [7, 11) is 0. The first-order valence-electron chi connectivity index (χ1n) is 14.0. The van der Waals surface area contributed by atoms with Crippen LogP contribution in [0.15, 0.2) is 49.3 Å². The Kier molecular flexibility index (Phi) is 8.71. The molecule has 0 saturated carbocycles. The molecule has 6 heterocycles. The van der Waals surface area contributed by atoms with Crippen molar-refractivity contribution < 1.29 is 14.5 Å². The molecule has 2 fully saturated rings. The normalized spacial score (nSPS) is 17.1. The number of pyridine rings is 2. The smallest absolute Gasteiger partial charge is 0.344 e. The average Bonchev–Trinajstić information content (AvgIpc) is 3.88. The number of nitrogen functional groups attached to an aromatic ring is 3. The van der Waals surface area contributed by atoms with E-state index in [1.54, 1.807) is 29.6 Å². The molecule has 2 aliphatic heterocycles. The van der Waals surface area contributed by atoms with Gasteiger partial charge in [0.2, 0.25) is 5.82 Å². The largest absolute Gasteiger partial charge is 0.395 e. The third-order valence-corrected chi connectivity index (χ3v) is 7.62. The number of nitriles is 2. The maximum Gasteiger partial charge on any atom is 0.344 e. The number of carbonyl (C=O) groups excluding carboxylic acids is 2. The molecule has 0 spiro atoms. The summed E-state index contributed by atoms with van der Waals surface area (Å²) < 4.78 is 2.36. The molecule has 0 aromatic carbocycles. The zero-order valence-corrected chi connectivity index (χ0v) is 24.3. The molecule has 4 aromatic heterocycles. The van der Waals surface area contributed by atoms with E-state index in [1.807, 2.05) is 0 Å². The predicted octanol–water partition coefficient (Wildman–Crippen LogP) is 2.17. The van der Waals surface area contributed by atoms with Gasteiger partial charge in [-0.15, -0.1) is 0 Å². The Morgan fingerprint density at radius 2 is 1.30 bits per heavy atom. The molecule has 0 aliphatic carbocycles. The van der Waals surface area contributed by atoms with Crippen LogP contribution in [0, 0.1) is 44.6 Å². The fourth-order valence-corrected chi connectivity index (χ4v) is 5.14. The van der Waals surface area contributed by atoms with Crippen LogP contribution >= 0.6 is 0 Å². The third-order valence-electron chi connectivity index (χ3n) is 7.62. The minimum atomic E-state index is -0.616. The van der Waals surface area contributed by atoms with Crippen LogP contribution in [-0.4, -0.2) is 82.5 Å². The number of amides is 2. The number of aromatic nitrogens is 6. The highest BCUT2D eigenvalue weighted by Crippen LogP contribution is 2.33. The van der Waals surface area contributed by atoms with E-state index < -0.39 is 4.92 Å². The lowest BCUT2D eigenvalue weighted by molar-refractivity contribution is -0.383. The summed E-state index contributed by atoms with van der Waals surface area (Å²) >= 11 is 0. The fourth-order valence-electron chi connectivity index (χ4n) is 5.14. The van der Waals surface area contributed by atoms with Crippen molar-refractivity contribution in [2.75, 3.05) is 43.4 Å². The van der Waals surface area contributed by atoms with Crippen molar-refractivity contribution in [3.05, 3.63) is 59.4 Å². The van der Waals surface area contributed by atoms with Crippen molar-refractivity contribution in [3.8, 4) is 34.4 Å².